The number of benzene rings is 2. The fourth-order valence-electron chi connectivity index (χ4n) is 2.50. The molecular formula is C21H23NO5S. The van der Waals surface area contributed by atoms with E-state index in [1.54, 1.807) is 12.1 Å². The van der Waals surface area contributed by atoms with Crippen LogP contribution in [0.25, 0.3) is 0 Å². The Hall–Kier alpha value is -2.66. The number of carbonyl (C=O) groups is 1. The van der Waals surface area contributed by atoms with Crippen molar-refractivity contribution in [2.24, 2.45) is 0 Å². The van der Waals surface area contributed by atoms with Gasteiger partial charge in [-0.3, -0.25) is 4.79 Å². The highest BCUT2D eigenvalue weighted by Crippen LogP contribution is 2.19. The second kappa shape index (κ2) is 9.51. The smallest absolute Gasteiger partial charge is 0.321 e. The van der Waals surface area contributed by atoms with Gasteiger partial charge < -0.3 is 10.2 Å². The largest absolute Gasteiger partial charge is 0.480 e. The minimum Gasteiger partial charge on any atom is -0.480 e. The Labute approximate surface area is 165 Å². The normalized spacial score (nSPS) is 12.3. The van der Waals surface area contributed by atoms with Crippen molar-refractivity contribution < 1.29 is 23.4 Å². The first-order valence-corrected chi connectivity index (χ1v) is 10.2. The number of rotatable bonds is 7. The molecule has 0 aliphatic carbocycles. The van der Waals surface area contributed by atoms with E-state index in [1.807, 2.05) is 31.2 Å². The number of hydrogen-bond donors (Lipinski definition) is 2. The van der Waals surface area contributed by atoms with E-state index in [0.717, 1.165) is 15.4 Å². The first-order valence-electron chi connectivity index (χ1n) is 8.80. The Morgan fingerprint density at radius 2 is 1.54 bits per heavy atom. The SMILES string of the molecule is Cc1ccc(C#Cc2ccc(S(=O)(=O)N(CCCO)[C@H](C)C(=O)O)cc2)cc1. The first kappa shape index (κ1) is 21.6. The predicted molar refractivity (Wildman–Crippen MR) is 106 cm³/mol. The highest BCUT2D eigenvalue weighted by atomic mass is 32.2. The van der Waals surface area contributed by atoms with Crippen LogP contribution in [0.3, 0.4) is 0 Å². The molecule has 2 N–H and O–H groups in total. The van der Waals surface area contributed by atoms with Gasteiger partial charge in [0.2, 0.25) is 10.0 Å². The summed E-state index contributed by atoms with van der Waals surface area (Å²) in [5.74, 6) is 4.74. The fourth-order valence-corrected chi connectivity index (χ4v) is 4.13. The van der Waals surface area contributed by atoms with E-state index >= 15 is 0 Å². The maximum Gasteiger partial charge on any atom is 0.321 e. The van der Waals surface area contributed by atoms with Crippen LogP contribution in [0.15, 0.2) is 53.4 Å². The van der Waals surface area contributed by atoms with E-state index in [9.17, 15) is 18.3 Å². The lowest BCUT2D eigenvalue weighted by atomic mass is 10.1. The quantitative estimate of drug-likeness (QED) is 0.694. The molecule has 6 nitrogen and oxygen atoms in total. The summed E-state index contributed by atoms with van der Waals surface area (Å²) in [5, 5.41) is 18.2. The summed E-state index contributed by atoms with van der Waals surface area (Å²) in [5.41, 5.74) is 2.64. The Bertz CT molecular complexity index is 970. The third-order valence-corrected chi connectivity index (χ3v) is 6.17. The number of aliphatic carboxylic acids is 1. The maximum absolute atomic E-state index is 12.9. The lowest BCUT2D eigenvalue weighted by Gasteiger charge is -2.25. The summed E-state index contributed by atoms with van der Waals surface area (Å²) in [6.45, 7) is 2.98. The molecule has 2 rings (SSSR count). The van der Waals surface area contributed by atoms with Gasteiger partial charge in [0.05, 0.1) is 4.90 Å². The molecule has 0 saturated carbocycles. The second-order valence-corrected chi connectivity index (χ2v) is 8.24. The van der Waals surface area contributed by atoms with Gasteiger partial charge in [0.15, 0.2) is 0 Å². The molecule has 0 aliphatic rings. The third kappa shape index (κ3) is 5.42. The minimum atomic E-state index is -4.01. The molecule has 0 aliphatic heterocycles. The molecule has 0 radical (unpaired) electrons. The summed E-state index contributed by atoms with van der Waals surface area (Å²) in [6, 6.07) is 12.5. The zero-order chi connectivity index (χ0) is 20.7. The monoisotopic (exact) mass is 401 g/mol. The molecule has 0 fully saturated rings. The molecule has 28 heavy (non-hydrogen) atoms. The van der Waals surface area contributed by atoms with Gasteiger partial charge in [-0.15, -0.1) is 0 Å². The molecule has 0 heterocycles. The van der Waals surface area contributed by atoms with Crippen molar-refractivity contribution in [3.63, 3.8) is 0 Å². The number of carboxylic acids is 1. The molecule has 2 aromatic rings. The van der Waals surface area contributed by atoms with Crippen LogP contribution in [0, 0.1) is 18.8 Å². The molecular weight excluding hydrogens is 378 g/mol. The van der Waals surface area contributed by atoms with Gasteiger partial charge in [-0.2, -0.15) is 4.31 Å². The zero-order valence-corrected chi connectivity index (χ0v) is 16.6. The lowest BCUT2D eigenvalue weighted by molar-refractivity contribution is -0.140. The first-order chi connectivity index (χ1) is 13.3. The zero-order valence-electron chi connectivity index (χ0n) is 15.8. The molecule has 0 spiro atoms. The van der Waals surface area contributed by atoms with Gasteiger partial charge in [0, 0.05) is 24.3 Å². The summed E-state index contributed by atoms with van der Waals surface area (Å²) < 4.78 is 26.6. The Morgan fingerprint density at radius 1 is 1.04 bits per heavy atom. The summed E-state index contributed by atoms with van der Waals surface area (Å²) in [4.78, 5) is 11.3. The Balaban J connectivity index is 2.26. The highest BCUT2D eigenvalue weighted by molar-refractivity contribution is 7.89. The number of sulfonamides is 1. The van der Waals surface area contributed by atoms with Gasteiger partial charge in [0.1, 0.15) is 6.04 Å². The number of aliphatic hydroxyl groups excluding tert-OH is 1. The van der Waals surface area contributed by atoms with E-state index in [0.29, 0.717) is 5.56 Å². The molecule has 2 aromatic carbocycles. The van der Waals surface area contributed by atoms with Crippen molar-refractivity contribution in [3.8, 4) is 11.8 Å². The van der Waals surface area contributed by atoms with Crippen LogP contribution in [-0.2, 0) is 14.8 Å². The average Bonchev–Trinajstić information content (AvgIpc) is 2.67. The fraction of sp³-hybridized carbons (Fsp3) is 0.286. The van der Waals surface area contributed by atoms with E-state index in [2.05, 4.69) is 11.8 Å². The standard InChI is InChI=1S/C21H23NO5S/c1-16-4-6-18(7-5-16)8-9-19-10-12-20(13-11-19)28(26,27)22(14-3-15-23)17(2)21(24)25/h4-7,10-13,17,23H,3,14-15H2,1-2H3,(H,24,25)/t17-/m1/s1. The number of aryl methyl sites for hydroxylation is 1. The van der Waals surface area contributed by atoms with Crippen molar-refractivity contribution >= 4 is 16.0 Å². The highest BCUT2D eigenvalue weighted by Gasteiger charge is 2.32. The van der Waals surface area contributed by atoms with Gasteiger partial charge in [-0.1, -0.05) is 29.5 Å². The van der Waals surface area contributed by atoms with Gasteiger partial charge >= 0.3 is 5.97 Å². The molecule has 7 heteroatoms. The van der Waals surface area contributed by atoms with Crippen LogP contribution in [-0.4, -0.2) is 48.1 Å². The van der Waals surface area contributed by atoms with Gasteiger partial charge in [-0.25, -0.2) is 8.42 Å². The Morgan fingerprint density at radius 3 is 2.00 bits per heavy atom. The van der Waals surface area contributed by atoms with E-state index in [1.165, 1.54) is 19.1 Å². The van der Waals surface area contributed by atoms with Crippen LogP contribution < -0.4 is 0 Å². The number of aliphatic hydroxyl groups is 1. The van der Waals surface area contributed by atoms with E-state index in [4.69, 9.17) is 5.11 Å². The molecule has 148 valence electrons. The van der Waals surface area contributed by atoms with Crippen LogP contribution in [0.4, 0.5) is 0 Å². The van der Waals surface area contributed by atoms with Crippen molar-refractivity contribution in [2.75, 3.05) is 13.2 Å². The topological polar surface area (TPSA) is 94.9 Å². The number of nitrogens with zero attached hydrogens (tertiary/aromatic N) is 1. The van der Waals surface area contributed by atoms with Crippen molar-refractivity contribution in [1.29, 1.82) is 0 Å². The van der Waals surface area contributed by atoms with Crippen LogP contribution >= 0.6 is 0 Å². The molecule has 0 saturated heterocycles. The van der Waals surface area contributed by atoms with Gasteiger partial charge in [-0.05, 0) is 56.7 Å². The molecule has 0 unspecified atom stereocenters. The maximum atomic E-state index is 12.9. The Kier molecular flexibility index (Phi) is 7.35. The summed E-state index contributed by atoms with van der Waals surface area (Å²) in [7, 11) is -4.01. The lowest BCUT2D eigenvalue weighted by Crippen LogP contribution is -2.43. The molecule has 0 amide bonds. The number of hydrogen-bond acceptors (Lipinski definition) is 4. The number of carboxylic acid groups (broad SMARTS) is 1. The predicted octanol–water partition coefficient (Wildman–Crippen LogP) is 2.24. The average molecular weight is 401 g/mol. The molecule has 0 aromatic heterocycles. The van der Waals surface area contributed by atoms with E-state index in [-0.39, 0.29) is 24.5 Å². The summed E-state index contributed by atoms with van der Waals surface area (Å²) in [6.07, 6.45) is 0.150. The van der Waals surface area contributed by atoms with E-state index < -0.39 is 22.0 Å². The summed E-state index contributed by atoms with van der Waals surface area (Å²) >= 11 is 0. The molecule has 0 bridgehead atoms. The third-order valence-electron chi connectivity index (χ3n) is 4.19. The van der Waals surface area contributed by atoms with Gasteiger partial charge in [0.25, 0.3) is 0 Å². The van der Waals surface area contributed by atoms with Crippen molar-refractivity contribution in [3.05, 3.63) is 65.2 Å². The second-order valence-electron chi connectivity index (χ2n) is 6.35. The molecule has 1 atom stereocenters. The van der Waals surface area contributed by atoms with Crippen molar-refractivity contribution in [1.82, 2.24) is 4.31 Å². The van der Waals surface area contributed by atoms with Crippen LogP contribution in [0.1, 0.15) is 30.0 Å². The van der Waals surface area contributed by atoms with Crippen LogP contribution in [0.5, 0.6) is 0 Å². The minimum absolute atomic E-state index is 0.0144. The van der Waals surface area contributed by atoms with Crippen molar-refractivity contribution in [2.45, 2.75) is 31.2 Å². The van der Waals surface area contributed by atoms with Crippen LogP contribution in [0.2, 0.25) is 0 Å².